The van der Waals surface area contributed by atoms with Crippen LogP contribution in [0.4, 0.5) is 51.7 Å². The molecule has 0 spiro atoms. The van der Waals surface area contributed by atoms with Gasteiger partial charge in [-0.1, -0.05) is 70.0 Å². The third-order valence-corrected chi connectivity index (χ3v) is 28.9. The van der Waals surface area contributed by atoms with Gasteiger partial charge in [0, 0.05) is 128 Å². The average Bonchev–Trinajstić information content (AvgIpc) is 1.61. The standard InChI is InChI=1S/C21H21N3O3S.C13H9BrFN3O5.C13H13BrFN3O.C13H11BrFNO.C13H12BrN3O.C8H11BO4S.C7H8BBrO3.C6H5FIN.C5H10ClNO.ClH/c1-4-28(25,26)14-7-5-6-13(9-14)15-10-17(22)20(27-3)19-18(15)16-8-12(2)11-23-21(16)24-19;1-6-3-7(13(15)16-5-6)10-8(14)4-9(17(19)20)12(23-2)11(10)18(21)22;1-6-3-7(13(15)18-5-6)10-8(14)4-9(16)12(19-2)11(10)17;1-8-5-11(13(15)16-7-8)10-6-9(17-2)3-4-12(10)14;1-6-3-7-10-8(14)4-9(15)12(18-2)11(10)17-13(7)16-5-6;1-2-14(12,13)8-5-3-4-7(6-8)9(10)11;1-12-5-2-3-7(9)6(4-5)8(10)11;1-4-2-5(8)6(7)9-3-4;1-7(2)4-3-5(6)8;/h5-11H,4,22H2,1-3H3,(H,23,24);3-5H,1-2H3;3-5H,16-17H2,1-2H3;3-7H,1-2H3;3-5H,15H2,1-2H3,(H,16,17);3-6,10-11H,2H2,1H3;2-4,10-11H,1H3;2-3H,1H3;3-4H2,1-2H3;1H. The van der Waals surface area contributed by atoms with Gasteiger partial charge in [0.25, 0.3) is 5.75 Å². The Balaban J connectivity index is 0.000000231. The molecule has 16 rings (SSSR count). The molecule has 0 amide bonds. The minimum Gasteiger partial charge on any atom is -0.497 e. The Kier molecular flexibility index (Phi) is 46.7. The first-order valence-corrected chi connectivity index (χ1v) is 52.3. The minimum absolute atomic E-state index is 0. The molecule has 0 aliphatic rings. The van der Waals surface area contributed by atoms with Crippen LogP contribution in [0.15, 0.2) is 215 Å². The van der Waals surface area contributed by atoms with E-state index in [0.717, 1.165) is 117 Å². The van der Waals surface area contributed by atoms with Crippen molar-refractivity contribution in [2.75, 3.05) is 97.7 Å². The van der Waals surface area contributed by atoms with Crippen molar-refractivity contribution in [3.63, 3.8) is 0 Å². The largest absolute Gasteiger partial charge is 0.497 e. The van der Waals surface area contributed by atoms with Gasteiger partial charge in [-0.25, -0.2) is 46.7 Å². The van der Waals surface area contributed by atoms with E-state index in [4.69, 9.17) is 83.1 Å². The Morgan fingerprint density at radius 1 is 0.470 bits per heavy atom. The molecule has 34 nitrogen and oxygen atoms in total. The Bertz CT molecular complexity index is 7830. The van der Waals surface area contributed by atoms with E-state index in [1.807, 2.05) is 119 Å². The summed E-state index contributed by atoms with van der Waals surface area (Å²) in [6, 6.07) is 40.1. The van der Waals surface area contributed by atoms with Gasteiger partial charge in [0.15, 0.2) is 36.9 Å². The molecule has 0 aliphatic heterocycles. The number of sulfone groups is 2. The summed E-state index contributed by atoms with van der Waals surface area (Å²) < 4.78 is 136. The molecule has 0 aliphatic carbocycles. The fourth-order valence-corrected chi connectivity index (χ4v) is 19.5. The highest BCUT2D eigenvalue weighted by Gasteiger charge is 2.36. The lowest BCUT2D eigenvalue weighted by atomic mass is 9.80. The second kappa shape index (κ2) is 56.2. The van der Waals surface area contributed by atoms with Crippen LogP contribution in [0.5, 0.6) is 34.5 Å². The van der Waals surface area contributed by atoms with Crippen molar-refractivity contribution in [1.29, 1.82) is 0 Å². The fraction of sp³-hybridized carbons (Fsp3) is 0.202. The first kappa shape index (κ1) is 124. The number of nitrogens with two attached hydrogens (primary N) is 4. The number of fused-ring (bicyclic) bond motifs is 6. The van der Waals surface area contributed by atoms with Crippen LogP contribution in [0.1, 0.15) is 53.6 Å². The SMILES string of the molecule is CCS(=O)(=O)c1cccc(-c2cc(N)c(OC)c3[nH]c4ncc(C)cc4c23)c1.CCS(=O)(=O)c1cccc(B(O)O)c1.CN(C)CCC(=O)Cl.COc1c(N)cc(Br)c(-c2cc(C)cnc2F)c1N.COc1c(N)cc(Br)c2c1[nH]c1ncc(C)cc12.COc1c([N+](=O)[O-])cc(Br)c(-c2cc(C)cnc2F)c1[N+](=O)[O-].COc1ccc(Br)c(-c2cc(C)cnc2F)c1.COc1ccc(Br)c(B(O)O)c1.Cc1cnc(F)c(I)c1.Cl. The lowest BCUT2D eigenvalue weighted by molar-refractivity contribution is -0.395. The third kappa shape index (κ3) is 32.3. The molecular formula is C99H101B2Br5Cl2F4IN15O19S2. The number of halogens is 12. The number of rotatable bonds is 21. The quantitative estimate of drug-likeness (QED) is 0.00467. The summed E-state index contributed by atoms with van der Waals surface area (Å²) in [5, 5.41) is 61.7. The summed E-state index contributed by atoms with van der Waals surface area (Å²) in [7, 11) is 2.92. The molecule has 0 atom stereocenters. The van der Waals surface area contributed by atoms with E-state index in [1.54, 1.807) is 108 Å². The van der Waals surface area contributed by atoms with E-state index in [0.29, 0.717) is 97.4 Å². The average molecular weight is 2560 g/mol. The van der Waals surface area contributed by atoms with Gasteiger partial charge in [0.2, 0.25) is 29.0 Å². The number of pyridine rings is 6. The molecule has 8 aromatic carbocycles. The number of hydrogen-bond acceptors (Lipinski definition) is 30. The maximum atomic E-state index is 14.0. The molecule has 0 unspecified atom stereocenters. The van der Waals surface area contributed by atoms with E-state index in [9.17, 15) is 59.4 Å². The first-order chi connectivity index (χ1) is 69.7. The van der Waals surface area contributed by atoms with E-state index >= 15 is 0 Å². The molecule has 0 bridgehead atoms. The van der Waals surface area contributed by atoms with Gasteiger partial charge in [-0.2, -0.15) is 17.6 Å². The molecule has 8 heterocycles. The number of nitrogens with zero attached hydrogens (tertiary/aromatic N) is 9. The van der Waals surface area contributed by atoms with Crippen LogP contribution in [0.3, 0.4) is 0 Å². The second-order valence-electron chi connectivity index (χ2n) is 32.1. The van der Waals surface area contributed by atoms with E-state index in [-0.39, 0.29) is 66.7 Å². The number of hydrogen-bond donors (Lipinski definition) is 10. The molecule has 16 aromatic rings. The monoisotopic (exact) mass is 2560 g/mol. The van der Waals surface area contributed by atoms with Gasteiger partial charge in [-0.05, 0) is 308 Å². The number of ether oxygens (including phenoxy) is 6. The summed E-state index contributed by atoms with van der Waals surface area (Å²) in [5.41, 5.74) is 36.9. The van der Waals surface area contributed by atoms with Gasteiger partial charge in [-0.15, -0.1) is 12.4 Å². The Morgan fingerprint density at radius 3 is 1.35 bits per heavy atom. The smallest absolute Gasteiger partial charge is 0.489 e. The van der Waals surface area contributed by atoms with Gasteiger partial charge in [-0.3, -0.25) is 25.0 Å². The Labute approximate surface area is 922 Å². The Morgan fingerprint density at radius 2 is 0.893 bits per heavy atom. The number of nitro benzene ring substituents is 2. The van der Waals surface area contributed by atoms with Crippen molar-refractivity contribution in [3.05, 3.63) is 286 Å². The fourth-order valence-electron chi connectivity index (χ4n) is 14.1. The number of aromatic amines is 2. The summed E-state index contributed by atoms with van der Waals surface area (Å²) >= 11 is 23.5. The van der Waals surface area contributed by atoms with Crippen LogP contribution in [-0.4, -0.2) is 186 Å². The minimum atomic E-state index is -3.32. The number of methoxy groups -OCH3 is 6. The number of nitro groups is 2. The van der Waals surface area contributed by atoms with Crippen LogP contribution >= 0.6 is 126 Å². The van der Waals surface area contributed by atoms with Crippen molar-refractivity contribution in [1.82, 2.24) is 44.8 Å². The predicted molar refractivity (Wildman–Crippen MR) is 605 cm³/mol. The predicted octanol–water partition coefficient (Wildman–Crippen LogP) is 20.9. The maximum Gasteiger partial charge on any atom is 0.489 e. The van der Waals surface area contributed by atoms with E-state index < -0.39 is 78.7 Å². The highest BCUT2D eigenvalue weighted by atomic mass is 127. The lowest BCUT2D eigenvalue weighted by Crippen LogP contribution is -2.30. The molecule has 0 saturated heterocycles. The maximum absolute atomic E-state index is 14.0. The zero-order chi connectivity index (χ0) is 110. The Hall–Kier alpha value is -12.0. The van der Waals surface area contributed by atoms with Crippen molar-refractivity contribution in [3.8, 4) is 79.0 Å². The van der Waals surface area contributed by atoms with Gasteiger partial charge >= 0.3 is 25.6 Å². The molecule has 0 radical (unpaired) electrons. The van der Waals surface area contributed by atoms with Crippen molar-refractivity contribution >= 4 is 254 Å². The lowest BCUT2D eigenvalue weighted by Gasteiger charge is -2.15. The number of carbonyl (C=O) groups excluding carboxylic acids is 1. The molecule has 8 aromatic heterocycles. The zero-order valence-electron chi connectivity index (χ0n) is 82.4. The highest BCUT2D eigenvalue weighted by molar-refractivity contribution is 14.1. The number of carbonyl (C=O) groups is 1. The van der Waals surface area contributed by atoms with Crippen molar-refractivity contribution in [2.24, 2.45) is 0 Å². The number of H-pyrrole nitrogens is 2. The number of anilines is 4. The third-order valence-electron chi connectivity index (χ3n) is 21.2. The number of aromatic nitrogens is 8. The highest BCUT2D eigenvalue weighted by Crippen LogP contribution is 2.50. The van der Waals surface area contributed by atoms with Gasteiger partial charge < -0.3 is 86.3 Å². The summed E-state index contributed by atoms with van der Waals surface area (Å²) in [5.74, 6) is -0.0878. The summed E-state index contributed by atoms with van der Waals surface area (Å²) in [6.45, 7) is 15.1. The summed E-state index contributed by atoms with van der Waals surface area (Å²) in [6.07, 6.45) is 9.81. The van der Waals surface area contributed by atoms with E-state index in [1.165, 1.54) is 76.3 Å². The number of nitrogen functional groups attached to an aromatic ring is 4. The number of nitrogens with one attached hydrogen (secondary N) is 2. The summed E-state index contributed by atoms with van der Waals surface area (Å²) in [4.78, 5) is 63.1. The van der Waals surface area contributed by atoms with Crippen LogP contribution in [0, 0.1) is 89.1 Å². The molecule has 14 N–H and O–H groups in total. The number of aryl methyl sites for hydroxylation is 6. The molecule has 149 heavy (non-hydrogen) atoms. The molecule has 0 saturated carbocycles. The first-order valence-electron chi connectivity index (χ1n) is 43.5. The van der Waals surface area contributed by atoms with Crippen LogP contribution in [0.25, 0.3) is 88.4 Å². The van der Waals surface area contributed by atoms with Gasteiger partial charge in [0.05, 0.1) is 117 Å². The van der Waals surface area contributed by atoms with E-state index in [2.05, 4.69) is 126 Å². The topological polar surface area (TPSA) is 524 Å². The van der Waals surface area contributed by atoms with Crippen LogP contribution in [-0.2, 0) is 24.5 Å². The normalized spacial score (nSPS) is 10.7. The second-order valence-corrected chi connectivity index (χ2v) is 42.6. The molecule has 50 heteroatoms. The molecule has 788 valence electrons. The molecular weight excluding hydrogens is 2460 g/mol. The van der Waals surface area contributed by atoms with Crippen LogP contribution < -0.4 is 62.3 Å². The number of benzene rings is 8. The zero-order valence-corrected chi connectivity index (χ0v) is 95.7. The van der Waals surface area contributed by atoms with Crippen molar-refractivity contribution in [2.45, 2.75) is 71.6 Å². The molecule has 0 fully saturated rings. The van der Waals surface area contributed by atoms with Crippen molar-refractivity contribution < 1.29 is 97.6 Å². The van der Waals surface area contributed by atoms with Gasteiger partial charge in [0.1, 0.15) is 22.8 Å². The van der Waals surface area contributed by atoms with Crippen LogP contribution in [0.2, 0.25) is 0 Å².